The molecule has 2 aliphatic rings. The number of rotatable bonds is 5. The van der Waals surface area contributed by atoms with Gasteiger partial charge in [-0.25, -0.2) is 4.98 Å². The minimum atomic E-state index is 0.661. The second-order valence-electron chi connectivity index (χ2n) is 8.44. The zero-order chi connectivity index (χ0) is 19.4. The summed E-state index contributed by atoms with van der Waals surface area (Å²) in [6.45, 7) is 8.16. The third kappa shape index (κ3) is 3.09. The molecule has 1 aromatic heterocycles. The number of halogens is 1. The van der Waals surface area contributed by atoms with E-state index in [4.69, 9.17) is 21.3 Å². The fourth-order valence-electron chi connectivity index (χ4n) is 4.70. The van der Waals surface area contributed by atoms with Gasteiger partial charge < -0.3 is 9.30 Å². The van der Waals surface area contributed by atoms with Crippen molar-refractivity contribution in [2.45, 2.75) is 20.4 Å². The molecule has 0 N–H and O–H groups in total. The molecule has 1 saturated carbocycles. The predicted molar refractivity (Wildman–Crippen MR) is 113 cm³/mol. The van der Waals surface area contributed by atoms with Crippen LogP contribution in [0.4, 0.5) is 0 Å². The summed E-state index contributed by atoms with van der Waals surface area (Å²) < 4.78 is 8.30. The molecule has 0 spiro atoms. The number of para-hydroxylation sites is 2. The number of nitrogens with zero attached hydrogens (tertiary/aromatic N) is 3. The van der Waals surface area contributed by atoms with Crippen molar-refractivity contribution in [1.29, 1.82) is 0 Å². The first-order valence-electron chi connectivity index (χ1n) is 10.0. The molecule has 0 amide bonds. The summed E-state index contributed by atoms with van der Waals surface area (Å²) in [4.78, 5) is 7.36. The molecular formula is C23H26ClN3O. The van der Waals surface area contributed by atoms with E-state index in [-0.39, 0.29) is 0 Å². The van der Waals surface area contributed by atoms with Gasteiger partial charge in [-0.15, -0.1) is 0 Å². The van der Waals surface area contributed by atoms with Crippen molar-refractivity contribution in [3.8, 4) is 5.75 Å². The SMILES string of the molecule is Cc1cc(Cl)c(OCC2C3CN(Cc4nc5ccccc5n4C)CC23)cc1C. The van der Waals surface area contributed by atoms with E-state index in [1.807, 2.05) is 6.07 Å². The second-order valence-corrected chi connectivity index (χ2v) is 8.85. The summed E-state index contributed by atoms with van der Waals surface area (Å²) in [6.07, 6.45) is 0. The van der Waals surface area contributed by atoms with Gasteiger partial charge in [0, 0.05) is 26.1 Å². The van der Waals surface area contributed by atoms with Gasteiger partial charge in [0.05, 0.1) is 29.2 Å². The number of hydrogen-bond donors (Lipinski definition) is 0. The molecular weight excluding hydrogens is 370 g/mol. The third-order valence-electron chi connectivity index (χ3n) is 6.67. The van der Waals surface area contributed by atoms with Crippen LogP contribution in [-0.4, -0.2) is 34.1 Å². The van der Waals surface area contributed by atoms with Gasteiger partial charge in [-0.2, -0.15) is 0 Å². The molecule has 2 aromatic carbocycles. The van der Waals surface area contributed by atoms with E-state index in [1.54, 1.807) is 0 Å². The van der Waals surface area contributed by atoms with E-state index in [0.29, 0.717) is 5.92 Å². The van der Waals surface area contributed by atoms with Crippen molar-refractivity contribution in [2.24, 2.45) is 24.8 Å². The lowest BCUT2D eigenvalue weighted by Crippen LogP contribution is -2.26. The molecule has 146 valence electrons. The molecule has 0 radical (unpaired) electrons. The Bertz CT molecular complexity index is 1030. The van der Waals surface area contributed by atoms with E-state index in [1.165, 1.54) is 16.6 Å². The molecule has 4 nitrogen and oxygen atoms in total. The number of aryl methyl sites for hydroxylation is 3. The number of fused-ring (bicyclic) bond motifs is 2. The van der Waals surface area contributed by atoms with Crippen LogP contribution in [0.3, 0.4) is 0 Å². The lowest BCUT2D eigenvalue weighted by Gasteiger charge is -2.19. The van der Waals surface area contributed by atoms with Crippen LogP contribution in [-0.2, 0) is 13.6 Å². The zero-order valence-corrected chi connectivity index (χ0v) is 17.4. The van der Waals surface area contributed by atoms with Crippen molar-refractivity contribution in [3.05, 3.63) is 58.4 Å². The maximum absolute atomic E-state index is 6.35. The number of hydrogen-bond acceptors (Lipinski definition) is 3. The highest BCUT2D eigenvalue weighted by atomic mass is 35.5. The average Bonchev–Trinajstić information content (AvgIpc) is 2.99. The lowest BCUT2D eigenvalue weighted by molar-refractivity contribution is 0.226. The quantitative estimate of drug-likeness (QED) is 0.632. The molecule has 5 rings (SSSR count). The van der Waals surface area contributed by atoms with Crippen LogP contribution < -0.4 is 4.74 Å². The van der Waals surface area contributed by atoms with E-state index >= 15 is 0 Å². The highest BCUT2D eigenvalue weighted by molar-refractivity contribution is 6.32. The molecule has 5 heteroatoms. The van der Waals surface area contributed by atoms with E-state index in [0.717, 1.165) is 60.2 Å². The molecule has 1 saturated heterocycles. The highest BCUT2D eigenvalue weighted by Gasteiger charge is 2.55. The van der Waals surface area contributed by atoms with Crippen LogP contribution >= 0.6 is 11.6 Å². The molecule has 2 unspecified atom stereocenters. The number of ether oxygens (including phenoxy) is 1. The van der Waals surface area contributed by atoms with Crippen LogP contribution in [0, 0.1) is 31.6 Å². The van der Waals surface area contributed by atoms with Crippen molar-refractivity contribution in [2.75, 3.05) is 19.7 Å². The summed E-state index contributed by atoms with van der Waals surface area (Å²) in [5.74, 6) is 4.14. The average molecular weight is 396 g/mol. The van der Waals surface area contributed by atoms with Gasteiger partial charge in [-0.05, 0) is 61.1 Å². The largest absolute Gasteiger partial charge is 0.492 e. The first kappa shape index (κ1) is 18.0. The summed E-state index contributed by atoms with van der Waals surface area (Å²) >= 11 is 6.35. The molecule has 28 heavy (non-hydrogen) atoms. The molecule has 1 aliphatic carbocycles. The Kier molecular flexibility index (Phi) is 4.37. The fourth-order valence-corrected chi connectivity index (χ4v) is 4.97. The van der Waals surface area contributed by atoms with E-state index in [2.05, 4.69) is 60.7 Å². The first-order chi connectivity index (χ1) is 13.5. The summed E-state index contributed by atoms with van der Waals surface area (Å²) in [6, 6.07) is 12.4. The second kappa shape index (κ2) is 6.78. The molecule has 1 aliphatic heterocycles. The molecule has 2 heterocycles. The minimum Gasteiger partial charge on any atom is -0.492 e. The fraction of sp³-hybridized carbons (Fsp3) is 0.435. The normalized spacial score (nSPS) is 23.9. The zero-order valence-electron chi connectivity index (χ0n) is 16.7. The Morgan fingerprint density at radius 1 is 1.11 bits per heavy atom. The van der Waals surface area contributed by atoms with Gasteiger partial charge >= 0.3 is 0 Å². The van der Waals surface area contributed by atoms with Crippen LogP contribution in [0.25, 0.3) is 11.0 Å². The van der Waals surface area contributed by atoms with Gasteiger partial charge in [-0.3, -0.25) is 4.90 Å². The first-order valence-corrected chi connectivity index (χ1v) is 10.4. The number of piperidine rings is 1. The maximum Gasteiger partial charge on any atom is 0.138 e. The van der Waals surface area contributed by atoms with Crippen LogP contribution in [0.2, 0.25) is 5.02 Å². The van der Waals surface area contributed by atoms with E-state index in [9.17, 15) is 0 Å². The van der Waals surface area contributed by atoms with Crippen molar-refractivity contribution in [3.63, 3.8) is 0 Å². The van der Waals surface area contributed by atoms with E-state index < -0.39 is 0 Å². The number of benzene rings is 2. The monoisotopic (exact) mass is 395 g/mol. The Hall–Kier alpha value is -2.04. The Labute approximate surface area is 171 Å². The summed E-state index contributed by atoms with van der Waals surface area (Å²) in [5, 5.41) is 0.720. The highest BCUT2D eigenvalue weighted by Crippen LogP contribution is 2.52. The van der Waals surface area contributed by atoms with Gasteiger partial charge in [0.25, 0.3) is 0 Å². The lowest BCUT2D eigenvalue weighted by atomic mass is 10.1. The molecule has 2 atom stereocenters. The predicted octanol–water partition coefficient (Wildman–Crippen LogP) is 4.60. The van der Waals surface area contributed by atoms with Crippen molar-refractivity contribution < 1.29 is 4.74 Å². The van der Waals surface area contributed by atoms with Crippen molar-refractivity contribution in [1.82, 2.24) is 14.5 Å². The van der Waals surface area contributed by atoms with Gasteiger partial charge in [0.15, 0.2) is 0 Å². The van der Waals surface area contributed by atoms with Crippen LogP contribution in [0.1, 0.15) is 17.0 Å². The number of likely N-dealkylation sites (tertiary alicyclic amines) is 1. The molecule has 2 fully saturated rings. The van der Waals surface area contributed by atoms with Gasteiger partial charge in [-0.1, -0.05) is 23.7 Å². The van der Waals surface area contributed by atoms with Crippen molar-refractivity contribution >= 4 is 22.6 Å². The van der Waals surface area contributed by atoms with Crippen LogP contribution in [0.15, 0.2) is 36.4 Å². The van der Waals surface area contributed by atoms with Crippen LogP contribution in [0.5, 0.6) is 5.75 Å². The third-order valence-corrected chi connectivity index (χ3v) is 6.97. The molecule has 0 bridgehead atoms. The Morgan fingerprint density at radius 2 is 1.82 bits per heavy atom. The topological polar surface area (TPSA) is 30.3 Å². The Morgan fingerprint density at radius 3 is 2.57 bits per heavy atom. The summed E-state index contributed by atoms with van der Waals surface area (Å²) in [5.41, 5.74) is 4.72. The molecule has 3 aromatic rings. The smallest absolute Gasteiger partial charge is 0.138 e. The van der Waals surface area contributed by atoms with Gasteiger partial charge in [0.1, 0.15) is 11.6 Å². The minimum absolute atomic E-state index is 0.661. The van der Waals surface area contributed by atoms with Gasteiger partial charge in [0.2, 0.25) is 0 Å². The number of imidazole rings is 1. The summed E-state index contributed by atoms with van der Waals surface area (Å²) in [7, 11) is 2.12. The maximum atomic E-state index is 6.35. The standard InChI is InChI=1S/C23H26ClN3O/c1-14-8-19(24)22(9-15(14)2)28-13-18-16-10-27(11-17(16)18)12-23-25-20-6-4-5-7-21(20)26(23)3/h4-9,16-18H,10-13H2,1-3H3. The Balaban J connectivity index is 1.17. The number of aromatic nitrogens is 2.